The summed E-state index contributed by atoms with van der Waals surface area (Å²) >= 11 is 5.46. The predicted octanol–water partition coefficient (Wildman–Crippen LogP) is 1.28. The van der Waals surface area contributed by atoms with Crippen LogP contribution in [0.15, 0.2) is 23.1 Å². The molecule has 0 bridgehead atoms. The minimum Gasteiger partial charge on any atom is -0.478 e. The summed E-state index contributed by atoms with van der Waals surface area (Å²) in [6.45, 7) is 0. The van der Waals surface area contributed by atoms with Gasteiger partial charge in [0.15, 0.2) is 0 Å². The van der Waals surface area contributed by atoms with Crippen LogP contribution < -0.4 is 0 Å². The van der Waals surface area contributed by atoms with E-state index < -0.39 is 26.5 Å². The Morgan fingerprint density at radius 2 is 1.93 bits per heavy atom. The normalized spacial score (nSPS) is 11.3. The molecule has 0 aromatic heterocycles. The van der Waals surface area contributed by atoms with Crippen molar-refractivity contribution < 1.29 is 22.9 Å². The van der Waals surface area contributed by atoms with Gasteiger partial charge in [0.1, 0.15) is 4.90 Å². The molecule has 0 aliphatic carbocycles. The highest BCUT2D eigenvalue weighted by Crippen LogP contribution is 2.20. The van der Waals surface area contributed by atoms with Crippen molar-refractivity contribution in [1.82, 2.24) is 0 Å². The Morgan fingerprint density at radius 3 is 2.36 bits per heavy atom. The van der Waals surface area contributed by atoms with E-state index in [9.17, 15) is 13.2 Å². The molecule has 0 amide bonds. The minimum atomic E-state index is -4.57. The van der Waals surface area contributed by atoms with Crippen molar-refractivity contribution in [3.63, 3.8) is 0 Å². The molecular formula is C7H5ClO5S. The van der Waals surface area contributed by atoms with E-state index in [0.29, 0.717) is 0 Å². The molecule has 0 fully saturated rings. The number of rotatable bonds is 2. The van der Waals surface area contributed by atoms with Gasteiger partial charge in [-0.25, -0.2) is 4.79 Å². The number of hydrogen-bond donors (Lipinski definition) is 2. The highest BCUT2D eigenvalue weighted by atomic mass is 35.5. The Morgan fingerprint density at radius 1 is 1.36 bits per heavy atom. The van der Waals surface area contributed by atoms with Crippen molar-refractivity contribution in [1.29, 1.82) is 0 Å². The van der Waals surface area contributed by atoms with E-state index in [1.54, 1.807) is 0 Å². The summed E-state index contributed by atoms with van der Waals surface area (Å²) in [5, 5.41) is 8.63. The van der Waals surface area contributed by atoms with Crippen LogP contribution in [0.2, 0.25) is 5.02 Å². The first-order valence-corrected chi connectivity index (χ1v) is 5.14. The highest BCUT2D eigenvalue weighted by Gasteiger charge is 2.20. The SMILES string of the molecule is O=C(O)c1ccc(Cl)cc1S(=O)(=O)O. The summed E-state index contributed by atoms with van der Waals surface area (Å²) < 4.78 is 30.2. The van der Waals surface area contributed by atoms with Gasteiger partial charge < -0.3 is 5.11 Å². The Labute approximate surface area is 84.7 Å². The summed E-state index contributed by atoms with van der Waals surface area (Å²) in [6, 6.07) is 3.10. The Hall–Kier alpha value is -1.11. The van der Waals surface area contributed by atoms with Crippen molar-refractivity contribution in [2.24, 2.45) is 0 Å². The van der Waals surface area contributed by atoms with Crippen LogP contribution in [0.5, 0.6) is 0 Å². The fraction of sp³-hybridized carbons (Fsp3) is 0. The number of hydrogen-bond acceptors (Lipinski definition) is 3. The van der Waals surface area contributed by atoms with Gasteiger partial charge in [-0.05, 0) is 18.2 Å². The first-order valence-electron chi connectivity index (χ1n) is 3.32. The zero-order chi connectivity index (χ0) is 10.9. The van der Waals surface area contributed by atoms with Gasteiger partial charge in [0.2, 0.25) is 0 Å². The van der Waals surface area contributed by atoms with E-state index in [1.807, 2.05) is 0 Å². The minimum absolute atomic E-state index is 0.0302. The van der Waals surface area contributed by atoms with Crippen molar-refractivity contribution in [2.75, 3.05) is 0 Å². The second kappa shape index (κ2) is 3.56. The average molecular weight is 237 g/mol. The second-order valence-corrected chi connectivity index (χ2v) is 4.25. The zero-order valence-electron chi connectivity index (χ0n) is 6.64. The van der Waals surface area contributed by atoms with Gasteiger partial charge in [-0.15, -0.1) is 0 Å². The topological polar surface area (TPSA) is 91.7 Å². The Kier molecular flexibility index (Phi) is 2.79. The lowest BCUT2D eigenvalue weighted by Crippen LogP contribution is -2.07. The molecule has 1 aromatic carbocycles. The molecule has 0 heterocycles. The monoisotopic (exact) mass is 236 g/mol. The quantitative estimate of drug-likeness (QED) is 0.755. The van der Waals surface area contributed by atoms with E-state index in [-0.39, 0.29) is 5.02 Å². The van der Waals surface area contributed by atoms with Crippen LogP contribution in [0.4, 0.5) is 0 Å². The third-order valence-corrected chi connectivity index (χ3v) is 2.58. The predicted molar refractivity (Wildman–Crippen MR) is 48.2 cm³/mol. The van der Waals surface area contributed by atoms with Crippen LogP contribution in [-0.4, -0.2) is 24.0 Å². The number of benzene rings is 1. The molecule has 0 spiro atoms. The largest absolute Gasteiger partial charge is 0.478 e. The molecule has 0 saturated heterocycles. The summed E-state index contributed by atoms with van der Waals surface area (Å²) in [6.07, 6.45) is 0. The summed E-state index contributed by atoms with van der Waals surface area (Å²) in [5.41, 5.74) is -0.517. The van der Waals surface area contributed by atoms with Crippen LogP contribution in [-0.2, 0) is 10.1 Å². The van der Waals surface area contributed by atoms with Crippen molar-refractivity contribution in [2.45, 2.75) is 4.90 Å². The van der Waals surface area contributed by atoms with Gasteiger partial charge in [0.05, 0.1) is 5.56 Å². The fourth-order valence-corrected chi connectivity index (χ4v) is 1.83. The molecule has 76 valence electrons. The molecule has 5 nitrogen and oxygen atoms in total. The van der Waals surface area contributed by atoms with Crippen LogP contribution in [0, 0.1) is 0 Å². The molecule has 14 heavy (non-hydrogen) atoms. The maximum absolute atomic E-state index is 10.7. The molecule has 0 aliphatic heterocycles. The number of carboxylic acid groups (broad SMARTS) is 1. The van der Waals surface area contributed by atoms with E-state index in [2.05, 4.69) is 0 Å². The van der Waals surface area contributed by atoms with Crippen molar-refractivity contribution in [3.8, 4) is 0 Å². The molecule has 2 N–H and O–H groups in total. The lowest BCUT2D eigenvalue weighted by Gasteiger charge is -2.02. The highest BCUT2D eigenvalue weighted by molar-refractivity contribution is 7.86. The standard InChI is InChI=1S/C7H5ClO5S/c8-4-1-2-5(7(9)10)6(3-4)14(11,12)13/h1-3H,(H,9,10)(H,11,12,13). The molecule has 0 radical (unpaired) electrons. The summed E-state index contributed by atoms with van der Waals surface area (Å²) in [5.74, 6) is -1.45. The van der Waals surface area contributed by atoms with E-state index in [4.69, 9.17) is 21.3 Å². The lowest BCUT2D eigenvalue weighted by atomic mass is 10.2. The van der Waals surface area contributed by atoms with Crippen LogP contribution in [0.3, 0.4) is 0 Å². The van der Waals surface area contributed by atoms with Crippen LogP contribution in [0.1, 0.15) is 10.4 Å². The van der Waals surface area contributed by atoms with Crippen LogP contribution >= 0.6 is 11.6 Å². The van der Waals surface area contributed by atoms with E-state index in [1.165, 1.54) is 6.07 Å². The fourth-order valence-electron chi connectivity index (χ4n) is 0.886. The van der Waals surface area contributed by atoms with Crippen LogP contribution in [0.25, 0.3) is 0 Å². The Balaban J connectivity index is 3.54. The molecule has 0 unspecified atom stereocenters. The number of halogens is 1. The van der Waals surface area contributed by atoms with Crippen molar-refractivity contribution in [3.05, 3.63) is 28.8 Å². The van der Waals surface area contributed by atoms with E-state index >= 15 is 0 Å². The number of carbonyl (C=O) groups is 1. The molecule has 1 aromatic rings. The Bertz CT molecular complexity index is 479. The third kappa shape index (κ3) is 2.22. The van der Waals surface area contributed by atoms with Gasteiger partial charge in [-0.2, -0.15) is 8.42 Å². The molecule has 1 rings (SSSR count). The van der Waals surface area contributed by atoms with Gasteiger partial charge in [0.25, 0.3) is 10.1 Å². The smallest absolute Gasteiger partial charge is 0.337 e. The van der Waals surface area contributed by atoms with Gasteiger partial charge in [-0.3, -0.25) is 4.55 Å². The number of carboxylic acids is 1. The second-order valence-electron chi connectivity index (χ2n) is 2.42. The first kappa shape index (κ1) is 11.0. The molecule has 7 heteroatoms. The zero-order valence-corrected chi connectivity index (χ0v) is 8.21. The van der Waals surface area contributed by atoms with E-state index in [0.717, 1.165) is 12.1 Å². The summed E-state index contributed by atoms with van der Waals surface area (Å²) in [4.78, 5) is 9.85. The maximum atomic E-state index is 10.7. The average Bonchev–Trinajstić information content (AvgIpc) is 2.01. The molecule has 0 saturated carbocycles. The first-order chi connectivity index (χ1) is 6.32. The number of aromatic carboxylic acids is 1. The third-order valence-electron chi connectivity index (χ3n) is 1.45. The van der Waals surface area contributed by atoms with Crippen molar-refractivity contribution >= 4 is 27.7 Å². The van der Waals surface area contributed by atoms with Gasteiger partial charge >= 0.3 is 5.97 Å². The van der Waals surface area contributed by atoms with Gasteiger partial charge in [-0.1, -0.05) is 11.6 Å². The maximum Gasteiger partial charge on any atom is 0.337 e. The molecule has 0 atom stereocenters. The lowest BCUT2D eigenvalue weighted by molar-refractivity contribution is 0.0692. The van der Waals surface area contributed by atoms with Gasteiger partial charge in [0, 0.05) is 5.02 Å². The summed E-state index contributed by atoms with van der Waals surface area (Å²) in [7, 11) is -4.57. The molecule has 0 aliphatic rings. The molecular weight excluding hydrogens is 232 g/mol.